The zero-order valence-electron chi connectivity index (χ0n) is 17.9. The number of amides is 1. The summed E-state index contributed by atoms with van der Waals surface area (Å²) < 4.78 is 24.9. The molecule has 6 nitrogen and oxygen atoms in total. The van der Waals surface area contributed by atoms with Crippen molar-refractivity contribution in [1.29, 1.82) is 0 Å². The fourth-order valence-corrected chi connectivity index (χ4v) is 5.16. The minimum Gasteiger partial charge on any atom is -0.468 e. The van der Waals surface area contributed by atoms with Gasteiger partial charge in [-0.05, 0) is 68.7 Å². The smallest absolute Gasteiger partial charge is 0.323 e. The molecular formula is C23H31FN2O4. The Hall–Kier alpha value is -1.99. The summed E-state index contributed by atoms with van der Waals surface area (Å²) in [6.45, 7) is 5.39. The second-order valence-corrected chi connectivity index (χ2v) is 9.07. The fraction of sp³-hybridized carbons (Fsp3) is 0.652. The zero-order chi connectivity index (χ0) is 21.3. The Bertz CT molecular complexity index is 806. The topological polar surface area (TPSA) is 59.1 Å². The molecule has 4 rings (SSSR count). The van der Waals surface area contributed by atoms with E-state index in [2.05, 4.69) is 4.90 Å². The predicted molar refractivity (Wildman–Crippen MR) is 110 cm³/mol. The highest BCUT2D eigenvalue weighted by Gasteiger charge is 2.44. The summed E-state index contributed by atoms with van der Waals surface area (Å²) in [5, 5.41) is 0. The number of nitrogens with zero attached hydrogens (tertiary/aromatic N) is 2. The lowest BCUT2D eigenvalue weighted by atomic mass is 9.76. The van der Waals surface area contributed by atoms with Gasteiger partial charge in [0.05, 0.1) is 19.8 Å². The molecule has 7 heteroatoms. The lowest BCUT2D eigenvalue weighted by Gasteiger charge is -2.38. The minimum atomic E-state index is -0.339. The lowest BCUT2D eigenvalue weighted by molar-refractivity contribution is -0.146. The Morgan fingerprint density at radius 1 is 1.27 bits per heavy atom. The number of benzene rings is 1. The van der Waals surface area contributed by atoms with Crippen LogP contribution < -0.4 is 0 Å². The molecule has 2 atom stereocenters. The average Bonchev–Trinajstić information content (AvgIpc) is 3.37. The molecule has 0 unspecified atom stereocenters. The number of ether oxygens (including phenoxy) is 2. The zero-order valence-corrected chi connectivity index (χ0v) is 17.9. The highest BCUT2D eigenvalue weighted by Crippen LogP contribution is 2.42. The molecule has 0 aromatic heterocycles. The van der Waals surface area contributed by atoms with Crippen LogP contribution in [0.5, 0.6) is 0 Å². The molecule has 164 valence electrons. The third-order valence-corrected chi connectivity index (χ3v) is 7.09. The van der Waals surface area contributed by atoms with Crippen molar-refractivity contribution in [2.24, 2.45) is 5.41 Å². The van der Waals surface area contributed by atoms with Gasteiger partial charge in [0.1, 0.15) is 11.9 Å². The van der Waals surface area contributed by atoms with Crippen LogP contribution in [0, 0.1) is 18.2 Å². The maximum atomic E-state index is 13.8. The summed E-state index contributed by atoms with van der Waals surface area (Å²) >= 11 is 0. The van der Waals surface area contributed by atoms with Crippen LogP contribution in [0.3, 0.4) is 0 Å². The van der Waals surface area contributed by atoms with Crippen LogP contribution in [0.15, 0.2) is 18.2 Å². The molecule has 3 fully saturated rings. The Labute approximate surface area is 177 Å². The molecule has 3 heterocycles. The van der Waals surface area contributed by atoms with Crippen molar-refractivity contribution in [2.45, 2.75) is 51.2 Å². The Morgan fingerprint density at radius 2 is 2.03 bits per heavy atom. The summed E-state index contributed by atoms with van der Waals surface area (Å²) in [7, 11) is 1.44. The fourth-order valence-electron chi connectivity index (χ4n) is 5.16. The van der Waals surface area contributed by atoms with Crippen LogP contribution in [0.1, 0.15) is 48.0 Å². The lowest BCUT2D eigenvalue weighted by Crippen LogP contribution is -2.44. The van der Waals surface area contributed by atoms with Crippen molar-refractivity contribution in [3.63, 3.8) is 0 Å². The number of methoxy groups -OCH3 is 1. The third kappa shape index (κ3) is 4.23. The molecule has 0 bridgehead atoms. The van der Waals surface area contributed by atoms with E-state index >= 15 is 0 Å². The van der Waals surface area contributed by atoms with Crippen LogP contribution in [-0.2, 0) is 14.3 Å². The molecule has 0 saturated carbocycles. The van der Waals surface area contributed by atoms with Gasteiger partial charge in [-0.15, -0.1) is 0 Å². The van der Waals surface area contributed by atoms with Gasteiger partial charge in [0.2, 0.25) is 0 Å². The average molecular weight is 419 g/mol. The van der Waals surface area contributed by atoms with Gasteiger partial charge >= 0.3 is 5.97 Å². The summed E-state index contributed by atoms with van der Waals surface area (Å²) in [5.41, 5.74) is 1.06. The molecule has 1 aromatic rings. The van der Waals surface area contributed by atoms with Crippen LogP contribution >= 0.6 is 0 Å². The molecular weight excluding hydrogens is 387 g/mol. The minimum absolute atomic E-state index is 0.0977. The van der Waals surface area contributed by atoms with Crippen molar-refractivity contribution >= 4 is 11.9 Å². The molecule has 3 aliphatic rings. The molecule has 0 aliphatic carbocycles. The van der Waals surface area contributed by atoms with Gasteiger partial charge in [-0.2, -0.15) is 0 Å². The summed E-state index contributed by atoms with van der Waals surface area (Å²) in [6, 6.07) is 4.55. The van der Waals surface area contributed by atoms with Crippen LogP contribution in [0.25, 0.3) is 0 Å². The maximum absolute atomic E-state index is 13.8. The molecule has 1 aromatic carbocycles. The SMILES string of the molecule is COC(=O)[C@H]1CCCN1C[C@H]1CC2(CCN(C(=O)c3ccc(C)c(F)c3)CC2)CO1. The quantitative estimate of drug-likeness (QED) is 0.704. The van der Waals surface area contributed by atoms with Crippen molar-refractivity contribution in [3.8, 4) is 0 Å². The Balaban J connectivity index is 1.31. The number of aryl methyl sites for hydroxylation is 1. The van der Waals surface area contributed by atoms with Gasteiger partial charge < -0.3 is 14.4 Å². The highest BCUT2D eigenvalue weighted by atomic mass is 19.1. The number of rotatable bonds is 4. The van der Waals surface area contributed by atoms with E-state index in [9.17, 15) is 14.0 Å². The number of piperidine rings is 1. The summed E-state index contributed by atoms with van der Waals surface area (Å²) in [6.07, 6.45) is 4.71. The maximum Gasteiger partial charge on any atom is 0.323 e. The molecule has 30 heavy (non-hydrogen) atoms. The van der Waals surface area contributed by atoms with Crippen LogP contribution in [0.2, 0.25) is 0 Å². The van der Waals surface area contributed by atoms with E-state index in [0.717, 1.165) is 45.2 Å². The van der Waals surface area contributed by atoms with Crippen molar-refractivity contribution in [2.75, 3.05) is 39.9 Å². The van der Waals surface area contributed by atoms with Crippen molar-refractivity contribution in [1.82, 2.24) is 9.80 Å². The number of carbonyl (C=O) groups is 2. The Morgan fingerprint density at radius 3 is 2.73 bits per heavy atom. The van der Waals surface area contributed by atoms with Crippen LogP contribution in [0.4, 0.5) is 4.39 Å². The summed E-state index contributed by atoms with van der Waals surface area (Å²) in [5.74, 6) is -0.592. The number of hydrogen-bond acceptors (Lipinski definition) is 5. The summed E-state index contributed by atoms with van der Waals surface area (Å²) in [4.78, 5) is 28.8. The number of carbonyl (C=O) groups excluding carboxylic acids is 2. The van der Waals surface area contributed by atoms with E-state index in [-0.39, 0.29) is 35.3 Å². The van der Waals surface area contributed by atoms with E-state index in [4.69, 9.17) is 9.47 Å². The molecule has 1 amide bonds. The largest absolute Gasteiger partial charge is 0.468 e. The molecule has 3 aliphatic heterocycles. The van der Waals surface area contributed by atoms with E-state index in [1.165, 1.54) is 13.2 Å². The predicted octanol–water partition coefficient (Wildman–Crippen LogP) is 2.78. The standard InChI is InChI=1S/C23H31FN2O4/c1-16-5-6-17(12-19(16)24)21(27)25-10-7-23(8-11-25)13-18(30-15-23)14-26-9-3-4-20(26)22(28)29-2/h5-6,12,18,20H,3-4,7-11,13-15H2,1-2H3/t18-,20-/m1/s1. The van der Waals surface area contributed by atoms with E-state index in [1.54, 1.807) is 19.1 Å². The second-order valence-electron chi connectivity index (χ2n) is 9.07. The van der Waals surface area contributed by atoms with E-state index < -0.39 is 0 Å². The molecule has 0 N–H and O–H groups in total. The van der Waals surface area contributed by atoms with E-state index in [0.29, 0.717) is 30.8 Å². The van der Waals surface area contributed by atoms with Gasteiger partial charge in [0.25, 0.3) is 5.91 Å². The van der Waals surface area contributed by atoms with Crippen molar-refractivity contribution in [3.05, 3.63) is 35.1 Å². The van der Waals surface area contributed by atoms with Gasteiger partial charge in [-0.25, -0.2) is 4.39 Å². The first-order chi connectivity index (χ1) is 14.4. The molecule has 0 radical (unpaired) electrons. The highest BCUT2D eigenvalue weighted by molar-refractivity contribution is 5.94. The Kier molecular flexibility index (Phi) is 6.11. The second kappa shape index (κ2) is 8.63. The van der Waals surface area contributed by atoms with Gasteiger partial charge in [0, 0.05) is 25.2 Å². The molecule has 3 saturated heterocycles. The monoisotopic (exact) mass is 418 g/mol. The van der Waals surface area contributed by atoms with Gasteiger partial charge in [-0.3, -0.25) is 14.5 Å². The van der Waals surface area contributed by atoms with E-state index in [1.807, 2.05) is 4.90 Å². The van der Waals surface area contributed by atoms with Gasteiger partial charge in [-0.1, -0.05) is 6.07 Å². The first kappa shape index (κ1) is 21.2. The number of esters is 1. The normalized spacial score (nSPS) is 26.3. The first-order valence-electron chi connectivity index (χ1n) is 10.9. The van der Waals surface area contributed by atoms with Crippen LogP contribution in [-0.4, -0.2) is 73.7 Å². The number of likely N-dealkylation sites (tertiary alicyclic amines) is 2. The van der Waals surface area contributed by atoms with Crippen molar-refractivity contribution < 1.29 is 23.5 Å². The first-order valence-corrected chi connectivity index (χ1v) is 10.9. The van der Waals surface area contributed by atoms with Gasteiger partial charge in [0.15, 0.2) is 0 Å². The number of hydrogen-bond donors (Lipinski definition) is 0. The molecule has 1 spiro atoms. The number of halogens is 1. The third-order valence-electron chi connectivity index (χ3n) is 7.09.